The first-order valence-corrected chi connectivity index (χ1v) is 15.0. The first-order chi connectivity index (χ1) is 21.3. The summed E-state index contributed by atoms with van der Waals surface area (Å²) in [6.45, 7) is 2.17. The number of fused-ring (bicyclic) bond motifs is 14. The molecular weight excluding hydrogens is 524 g/mol. The lowest BCUT2D eigenvalue weighted by atomic mass is 9.70. The number of para-hydroxylation sites is 2. The maximum absolute atomic E-state index is 6.65. The van der Waals surface area contributed by atoms with Crippen molar-refractivity contribution in [2.75, 3.05) is 0 Å². The summed E-state index contributed by atoms with van der Waals surface area (Å²) in [6, 6.07) is 46.5. The quantitative estimate of drug-likeness (QED) is 0.214. The van der Waals surface area contributed by atoms with Crippen LogP contribution in [0.2, 0.25) is 0 Å². The molecule has 2 aliphatic carbocycles. The van der Waals surface area contributed by atoms with E-state index in [1.807, 2.05) is 0 Å². The van der Waals surface area contributed by atoms with E-state index < -0.39 is 0 Å². The third-order valence-electron chi connectivity index (χ3n) is 9.78. The molecule has 0 amide bonds. The SMILES string of the molecule is CCc1nc2ccccc2n1-c1ccc2oc3cc4c(cc3c2c1)-c1ccccc1C41c2ccccc2-c2ccccc21. The Bertz CT molecular complexity index is 2410. The van der Waals surface area contributed by atoms with Gasteiger partial charge in [0.25, 0.3) is 0 Å². The highest BCUT2D eigenvalue weighted by atomic mass is 16.3. The molecule has 3 heteroatoms. The van der Waals surface area contributed by atoms with E-state index in [1.54, 1.807) is 0 Å². The zero-order valence-electron chi connectivity index (χ0n) is 23.6. The van der Waals surface area contributed by atoms with Crippen LogP contribution in [0.25, 0.3) is 60.9 Å². The van der Waals surface area contributed by atoms with Gasteiger partial charge in [-0.2, -0.15) is 0 Å². The topological polar surface area (TPSA) is 31.0 Å². The molecule has 0 atom stereocenters. The molecule has 0 radical (unpaired) electrons. The predicted molar refractivity (Wildman–Crippen MR) is 174 cm³/mol. The fourth-order valence-corrected chi connectivity index (χ4v) is 8.09. The van der Waals surface area contributed by atoms with E-state index in [0.29, 0.717) is 0 Å². The smallest absolute Gasteiger partial charge is 0.135 e. The molecule has 0 bridgehead atoms. The van der Waals surface area contributed by atoms with E-state index in [2.05, 4.69) is 139 Å². The lowest BCUT2D eigenvalue weighted by molar-refractivity contribution is 0.666. The van der Waals surface area contributed by atoms with Crippen molar-refractivity contribution < 1.29 is 4.42 Å². The minimum absolute atomic E-state index is 0.372. The van der Waals surface area contributed by atoms with Gasteiger partial charge in [-0.3, -0.25) is 4.57 Å². The lowest BCUT2D eigenvalue weighted by Gasteiger charge is -2.30. The van der Waals surface area contributed by atoms with E-state index in [4.69, 9.17) is 9.40 Å². The van der Waals surface area contributed by atoms with Gasteiger partial charge in [-0.1, -0.05) is 91.9 Å². The van der Waals surface area contributed by atoms with Crippen LogP contribution in [0.15, 0.2) is 132 Å². The largest absolute Gasteiger partial charge is 0.456 e. The molecule has 0 N–H and O–H groups in total. The summed E-state index contributed by atoms with van der Waals surface area (Å²) in [5.41, 5.74) is 15.3. The van der Waals surface area contributed by atoms with Crippen molar-refractivity contribution >= 4 is 33.0 Å². The van der Waals surface area contributed by atoms with E-state index >= 15 is 0 Å². The Morgan fingerprint density at radius 2 is 1.19 bits per heavy atom. The summed E-state index contributed by atoms with van der Waals surface area (Å²) in [7, 11) is 0. The molecule has 10 rings (SSSR count). The molecule has 0 saturated heterocycles. The second-order valence-electron chi connectivity index (χ2n) is 11.8. The van der Waals surface area contributed by atoms with Crippen molar-refractivity contribution in [1.82, 2.24) is 9.55 Å². The number of imidazole rings is 1. The Labute approximate surface area is 248 Å². The molecule has 6 aromatic carbocycles. The van der Waals surface area contributed by atoms with Crippen LogP contribution < -0.4 is 0 Å². The Morgan fingerprint density at radius 3 is 1.88 bits per heavy atom. The van der Waals surface area contributed by atoms with Gasteiger partial charge in [0.1, 0.15) is 17.0 Å². The number of hydrogen-bond donors (Lipinski definition) is 0. The maximum atomic E-state index is 6.65. The van der Waals surface area contributed by atoms with Crippen LogP contribution >= 0.6 is 0 Å². The number of aryl methyl sites for hydroxylation is 1. The van der Waals surface area contributed by atoms with Crippen LogP contribution in [0.5, 0.6) is 0 Å². The number of benzene rings is 6. The summed E-state index contributed by atoms with van der Waals surface area (Å²) in [5, 5.41) is 2.27. The molecule has 2 aromatic heterocycles. The second kappa shape index (κ2) is 8.11. The summed E-state index contributed by atoms with van der Waals surface area (Å²) in [6.07, 6.45) is 0.855. The predicted octanol–water partition coefficient (Wildman–Crippen LogP) is 9.83. The number of hydrogen-bond acceptors (Lipinski definition) is 2. The molecule has 0 saturated carbocycles. The van der Waals surface area contributed by atoms with Gasteiger partial charge in [0, 0.05) is 22.9 Å². The molecule has 43 heavy (non-hydrogen) atoms. The summed E-state index contributed by atoms with van der Waals surface area (Å²) >= 11 is 0. The standard InChI is InChI=1S/C40H26N2O/c1-2-39-41-35-17-9-10-18-36(35)42(39)24-19-20-37-29(21-24)30-22-28-27-13-5-8-16-33(27)40(34(28)23-38(30)43-37)31-14-6-3-11-25(31)26-12-4-7-15-32(26)40/h3-23H,2H2,1H3. The van der Waals surface area contributed by atoms with Gasteiger partial charge < -0.3 is 4.42 Å². The Balaban J connectivity index is 1.28. The number of nitrogens with zero attached hydrogens (tertiary/aromatic N) is 2. The van der Waals surface area contributed by atoms with Gasteiger partial charge in [0.2, 0.25) is 0 Å². The van der Waals surface area contributed by atoms with Crippen molar-refractivity contribution in [3.05, 3.63) is 155 Å². The van der Waals surface area contributed by atoms with Crippen LogP contribution in [0.3, 0.4) is 0 Å². The average molecular weight is 551 g/mol. The first-order valence-electron chi connectivity index (χ1n) is 15.0. The maximum Gasteiger partial charge on any atom is 0.135 e. The Hall–Kier alpha value is -5.41. The summed E-state index contributed by atoms with van der Waals surface area (Å²) in [4.78, 5) is 4.93. The second-order valence-corrected chi connectivity index (χ2v) is 11.8. The van der Waals surface area contributed by atoms with Crippen molar-refractivity contribution in [1.29, 1.82) is 0 Å². The lowest BCUT2D eigenvalue weighted by Crippen LogP contribution is -2.25. The van der Waals surface area contributed by atoms with E-state index in [9.17, 15) is 0 Å². The number of furan rings is 1. The minimum atomic E-state index is -0.372. The van der Waals surface area contributed by atoms with Gasteiger partial charge in [0.15, 0.2) is 0 Å². The summed E-state index contributed by atoms with van der Waals surface area (Å²) in [5.74, 6) is 1.06. The zero-order valence-corrected chi connectivity index (χ0v) is 23.6. The Kier molecular flexibility index (Phi) is 4.37. The van der Waals surface area contributed by atoms with Gasteiger partial charge >= 0.3 is 0 Å². The van der Waals surface area contributed by atoms with E-state index in [1.165, 1.54) is 44.5 Å². The molecule has 8 aromatic rings. The van der Waals surface area contributed by atoms with Crippen LogP contribution in [0, 0.1) is 0 Å². The Morgan fingerprint density at radius 1 is 0.581 bits per heavy atom. The van der Waals surface area contributed by atoms with Crippen LogP contribution in [-0.2, 0) is 11.8 Å². The minimum Gasteiger partial charge on any atom is -0.456 e. The van der Waals surface area contributed by atoms with Crippen LogP contribution in [0.4, 0.5) is 0 Å². The number of aromatic nitrogens is 2. The van der Waals surface area contributed by atoms with Crippen LogP contribution in [0.1, 0.15) is 35.0 Å². The molecule has 1 spiro atoms. The fraction of sp³-hybridized carbons (Fsp3) is 0.0750. The molecule has 2 aliphatic rings. The summed E-state index contributed by atoms with van der Waals surface area (Å²) < 4.78 is 8.94. The van der Waals surface area contributed by atoms with E-state index in [-0.39, 0.29) is 5.41 Å². The van der Waals surface area contributed by atoms with Gasteiger partial charge in [0.05, 0.1) is 16.4 Å². The van der Waals surface area contributed by atoms with Crippen molar-refractivity contribution in [3.63, 3.8) is 0 Å². The van der Waals surface area contributed by atoms with Gasteiger partial charge in [-0.05, 0) is 87.0 Å². The highest BCUT2D eigenvalue weighted by Crippen LogP contribution is 2.63. The molecule has 202 valence electrons. The van der Waals surface area contributed by atoms with Crippen molar-refractivity contribution in [3.8, 4) is 27.9 Å². The molecule has 3 nitrogen and oxygen atoms in total. The van der Waals surface area contributed by atoms with Gasteiger partial charge in [-0.15, -0.1) is 0 Å². The molecule has 2 heterocycles. The highest BCUT2D eigenvalue weighted by molar-refractivity contribution is 6.09. The third-order valence-corrected chi connectivity index (χ3v) is 9.78. The third kappa shape index (κ3) is 2.78. The molecule has 0 unspecified atom stereocenters. The fourth-order valence-electron chi connectivity index (χ4n) is 8.09. The van der Waals surface area contributed by atoms with Gasteiger partial charge in [-0.25, -0.2) is 4.98 Å². The first kappa shape index (κ1) is 23.2. The monoisotopic (exact) mass is 550 g/mol. The average Bonchev–Trinajstić information content (AvgIpc) is 3.78. The van der Waals surface area contributed by atoms with Crippen LogP contribution in [-0.4, -0.2) is 9.55 Å². The van der Waals surface area contributed by atoms with Crippen molar-refractivity contribution in [2.45, 2.75) is 18.8 Å². The van der Waals surface area contributed by atoms with E-state index in [0.717, 1.165) is 50.9 Å². The highest BCUT2D eigenvalue weighted by Gasteiger charge is 2.51. The normalized spacial score (nSPS) is 14.0. The zero-order chi connectivity index (χ0) is 28.3. The molecule has 0 fully saturated rings. The van der Waals surface area contributed by atoms with Crippen molar-refractivity contribution in [2.24, 2.45) is 0 Å². The number of rotatable bonds is 2. The molecule has 0 aliphatic heterocycles. The molecular formula is C40H26N2O.